The molecule has 0 amide bonds. The Hall–Kier alpha value is -0.0800. The van der Waals surface area contributed by atoms with Gasteiger partial charge < -0.3 is 10.6 Å². The molecule has 0 heterocycles. The minimum Gasteiger partial charge on any atom is -0.317 e. The van der Waals surface area contributed by atoms with Crippen molar-refractivity contribution in [2.45, 2.75) is 98.4 Å². The van der Waals surface area contributed by atoms with Gasteiger partial charge in [0.1, 0.15) is 0 Å². The highest BCUT2D eigenvalue weighted by molar-refractivity contribution is 4.84. The molecule has 1 rings (SSSR count). The highest BCUT2D eigenvalue weighted by atomic mass is 14.9. The Labute approximate surface area is 140 Å². The summed E-state index contributed by atoms with van der Waals surface area (Å²) in [5.41, 5.74) is 0.826. The molecule has 0 unspecified atom stereocenters. The molecule has 2 heteroatoms. The Balaban J connectivity index is 2.19. The first-order valence-corrected chi connectivity index (χ1v) is 9.79. The zero-order valence-electron chi connectivity index (χ0n) is 16.1. The van der Waals surface area contributed by atoms with Gasteiger partial charge in [0.2, 0.25) is 0 Å². The Kier molecular flexibility index (Phi) is 9.01. The van der Waals surface area contributed by atoms with Gasteiger partial charge in [-0.2, -0.15) is 0 Å². The van der Waals surface area contributed by atoms with Crippen molar-refractivity contribution in [3.63, 3.8) is 0 Å². The minimum atomic E-state index is 0.397. The van der Waals surface area contributed by atoms with Gasteiger partial charge >= 0.3 is 0 Å². The summed E-state index contributed by atoms with van der Waals surface area (Å²) in [4.78, 5) is 0. The molecule has 1 aliphatic carbocycles. The van der Waals surface area contributed by atoms with Crippen LogP contribution in [-0.2, 0) is 0 Å². The lowest BCUT2D eigenvalue weighted by Gasteiger charge is -2.36. The second-order valence-corrected chi connectivity index (χ2v) is 9.07. The number of hydrogen-bond acceptors (Lipinski definition) is 2. The predicted molar refractivity (Wildman–Crippen MR) is 99.4 cm³/mol. The van der Waals surface area contributed by atoms with Crippen LogP contribution >= 0.6 is 0 Å². The van der Waals surface area contributed by atoms with Crippen molar-refractivity contribution in [2.24, 2.45) is 10.8 Å². The molecule has 1 saturated carbocycles. The van der Waals surface area contributed by atoms with E-state index in [0.717, 1.165) is 6.04 Å². The molecule has 2 N–H and O–H groups in total. The van der Waals surface area contributed by atoms with Gasteiger partial charge in [0.15, 0.2) is 0 Å². The van der Waals surface area contributed by atoms with E-state index in [2.05, 4.69) is 45.3 Å². The first kappa shape index (κ1) is 20.0. The standard InChI is InChI=1S/C20H42N2/c1-6-7-10-14-21-15-13-19(2,3)16-20(4,5)17-22-18-11-8-9-12-18/h18,21-22H,6-17H2,1-5H3. The second kappa shape index (κ2) is 9.93. The SMILES string of the molecule is CCCCCNCCC(C)(C)CC(C)(C)CNC1CCCC1. The fourth-order valence-corrected chi connectivity index (χ4v) is 4.05. The summed E-state index contributed by atoms with van der Waals surface area (Å²) in [6, 6.07) is 0.794. The zero-order chi connectivity index (χ0) is 16.5. The van der Waals surface area contributed by atoms with Crippen LogP contribution in [-0.4, -0.2) is 25.7 Å². The van der Waals surface area contributed by atoms with E-state index in [1.54, 1.807) is 0 Å². The lowest BCUT2D eigenvalue weighted by molar-refractivity contribution is 0.173. The zero-order valence-corrected chi connectivity index (χ0v) is 16.1. The van der Waals surface area contributed by atoms with Crippen LogP contribution < -0.4 is 10.6 Å². The third kappa shape index (κ3) is 9.15. The molecular formula is C20H42N2. The molecular weight excluding hydrogens is 268 g/mol. The Morgan fingerprint density at radius 1 is 0.909 bits per heavy atom. The van der Waals surface area contributed by atoms with Crippen LogP contribution in [0.25, 0.3) is 0 Å². The Morgan fingerprint density at radius 2 is 1.59 bits per heavy atom. The van der Waals surface area contributed by atoms with Gasteiger partial charge in [0.05, 0.1) is 0 Å². The largest absolute Gasteiger partial charge is 0.317 e. The average molecular weight is 311 g/mol. The van der Waals surface area contributed by atoms with Crippen LogP contribution in [0, 0.1) is 10.8 Å². The highest BCUT2D eigenvalue weighted by Gasteiger charge is 2.29. The van der Waals surface area contributed by atoms with Crippen LogP contribution in [0.2, 0.25) is 0 Å². The van der Waals surface area contributed by atoms with Crippen molar-refractivity contribution >= 4 is 0 Å². The fraction of sp³-hybridized carbons (Fsp3) is 1.00. The summed E-state index contributed by atoms with van der Waals surface area (Å²) in [6.07, 6.45) is 12.2. The molecule has 0 bridgehead atoms. The molecule has 1 aliphatic rings. The Bertz CT molecular complexity index is 277. The minimum absolute atomic E-state index is 0.397. The van der Waals surface area contributed by atoms with Gasteiger partial charge in [0, 0.05) is 12.6 Å². The maximum absolute atomic E-state index is 3.82. The lowest BCUT2D eigenvalue weighted by atomic mass is 9.73. The first-order valence-electron chi connectivity index (χ1n) is 9.79. The van der Waals surface area contributed by atoms with Crippen molar-refractivity contribution < 1.29 is 0 Å². The molecule has 132 valence electrons. The van der Waals surface area contributed by atoms with Crippen LogP contribution in [0.15, 0.2) is 0 Å². The van der Waals surface area contributed by atoms with Crippen molar-refractivity contribution in [1.82, 2.24) is 10.6 Å². The van der Waals surface area contributed by atoms with Gasteiger partial charge in [-0.25, -0.2) is 0 Å². The average Bonchev–Trinajstić information content (AvgIpc) is 2.93. The molecule has 0 aromatic heterocycles. The van der Waals surface area contributed by atoms with E-state index < -0.39 is 0 Å². The Morgan fingerprint density at radius 3 is 2.23 bits per heavy atom. The summed E-state index contributed by atoms with van der Waals surface area (Å²) in [7, 11) is 0. The van der Waals surface area contributed by atoms with Gasteiger partial charge in [-0.1, -0.05) is 60.3 Å². The van der Waals surface area contributed by atoms with Crippen LogP contribution in [0.3, 0.4) is 0 Å². The van der Waals surface area contributed by atoms with E-state index >= 15 is 0 Å². The third-order valence-electron chi connectivity index (χ3n) is 5.12. The molecule has 0 aliphatic heterocycles. The lowest BCUT2D eigenvalue weighted by Crippen LogP contribution is -2.38. The summed E-state index contributed by atoms with van der Waals surface area (Å²) in [6.45, 7) is 15.6. The summed E-state index contributed by atoms with van der Waals surface area (Å²) in [5, 5.41) is 7.44. The topological polar surface area (TPSA) is 24.1 Å². The van der Waals surface area contributed by atoms with E-state index in [1.165, 1.54) is 77.4 Å². The monoisotopic (exact) mass is 310 g/mol. The number of hydrogen-bond donors (Lipinski definition) is 2. The first-order chi connectivity index (χ1) is 10.3. The molecule has 0 saturated heterocycles. The quantitative estimate of drug-likeness (QED) is 0.488. The summed E-state index contributed by atoms with van der Waals surface area (Å²) in [5.74, 6) is 0. The van der Waals surface area contributed by atoms with Gasteiger partial charge in [-0.15, -0.1) is 0 Å². The molecule has 0 aromatic rings. The maximum atomic E-state index is 3.82. The van der Waals surface area contributed by atoms with Crippen LogP contribution in [0.5, 0.6) is 0 Å². The van der Waals surface area contributed by atoms with Crippen LogP contribution in [0.1, 0.15) is 92.4 Å². The fourth-order valence-electron chi connectivity index (χ4n) is 4.05. The molecule has 22 heavy (non-hydrogen) atoms. The van der Waals surface area contributed by atoms with Crippen molar-refractivity contribution in [3.05, 3.63) is 0 Å². The van der Waals surface area contributed by atoms with Crippen molar-refractivity contribution in [1.29, 1.82) is 0 Å². The second-order valence-electron chi connectivity index (χ2n) is 9.07. The van der Waals surface area contributed by atoms with E-state index in [-0.39, 0.29) is 0 Å². The van der Waals surface area contributed by atoms with Gasteiger partial charge in [0.25, 0.3) is 0 Å². The number of rotatable bonds is 12. The number of nitrogens with one attached hydrogen (secondary N) is 2. The van der Waals surface area contributed by atoms with Crippen molar-refractivity contribution in [3.8, 4) is 0 Å². The molecule has 2 nitrogen and oxygen atoms in total. The molecule has 1 fully saturated rings. The predicted octanol–water partition coefficient (Wildman–Crippen LogP) is 5.13. The van der Waals surface area contributed by atoms with E-state index in [0.29, 0.717) is 10.8 Å². The summed E-state index contributed by atoms with van der Waals surface area (Å²) < 4.78 is 0. The molecule has 0 radical (unpaired) electrons. The smallest absolute Gasteiger partial charge is 0.00672 e. The summed E-state index contributed by atoms with van der Waals surface area (Å²) >= 11 is 0. The maximum Gasteiger partial charge on any atom is 0.00672 e. The van der Waals surface area contributed by atoms with Crippen molar-refractivity contribution in [2.75, 3.05) is 19.6 Å². The number of unbranched alkanes of at least 4 members (excludes halogenated alkanes) is 2. The highest BCUT2D eigenvalue weighted by Crippen LogP contribution is 2.36. The van der Waals surface area contributed by atoms with Crippen LogP contribution in [0.4, 0.5) is 0 Å². The van der Waals surface area contributed by atoms with Gasteiger partial charge in [-0.3, -0.25) is 0 Å². The molecule has 0 aromatic carbocycles. The van der Waals surface area contributed by atoms with Gasteiger partial charge in [-0.05, 0) is 56.0 Å². The van der Waals surface area contributed by atoms with E-state index in [1.807, 2.05) is 0 Å². The molecule has 0 spiro atoms. The van der Waals surface area contributed by atoms with E-state index in [9.17, 15) is 0 Å². The van der Waals surface area contributed by atoms with E-state index in [4.69, 9.17) is 0 Å². The normalized spacial score (nSPS) is 17.3. The third-order valence-corrected chi connectivity index (χ3v) is 5.12. The molecule has 0 atom stereocenters.